The molecule has 39 heavy (non-hydrogen) atoms. The van der Waals surface area contributed by atoms with Crippen LogP contribution in [0.3, 0.4) is 0 Å². The van der Waals surface area contributed by atoms with Gasteiger partial charge in [-0.3, -0.25) is 19.2 Å². The monoisotopic (exact) mass is 543 g/mol. The van der Waals surface area contributed by atoms with Crippen LogP contribution in [0.15, 0.2) is 55.1 Å². The maximum absolute atomic E-state index is 13.4. The number of amides is 3. The summed E-state index contributed by atoms with van der Waals surface area (Å²) in [5.74, 6) is -3.25. The van der Waals surface area contributed by atoms with Crippen LogP contribution >= 0.6 is 0 Å². The molecule has 0 aliphatic rings. The molecule has 0 aromatic heterocycles. The van der Waals surface area contributed by atoms with E-state index in [1.807, 2.05) is 37.3 Å². The lowest BCUT2D eigenvalue weighted by Gasteiger charge is -2.33. The molecule has 0 spiro atoms. The third-order valence-corrected chi connectivity index (χ3v) is 6.21. The lowest BCUT2D eigenvalue weighted by Crippen LogP contribution is -2.56. The van der Waals surface area contributed by atoms with Crippen LogP contribution in [0, 0.1) is 5.92 Å². The quantitative estimate of drug-likeness (QED) is 0.205. The Hall–Kier alpha value is -3.95. The van der Waals surface area contributed by atoms with E-state index in [-0.39, 0.29) is 31.1 Å². The highest BCUT2D eigenvalue weighted by molar-refractivity contribution is 5.95. The van der Waals surface area contributed by atoms with Crippen molar-refractivity contribution in [1.29, 1.82) is 0 Å². The van der Waals surface area contributed by atoms with Gasteiger partial charge in [0, 0.05) is 32.0 Å². The van der Waals surface area contributed by atoms with E-state index in [4.69, 9.17) is 9.47 Å². The number of carbonyl (C=O) groups is 5. The fraction of sp³-hybridized carbons (Fsp3) is 0.483. The van der Waals surface area contributed by atoms with Crippen LogP contribution < -0.4 is 5.32 Å². The molecule has 10 nitrogen and oxygen atoms in total. The van der Waals surface area contributed by atoms with E-state index in [1.54, 1.807) is 6.92 Å². The van der Waals surface area contributed by atoms with Crippen molar-refractivity contribution in [3.8, 4) is 0 Å². The van der Waals surface area contributed by atoms with E-state index in [9.17, 15) is 24.0 Å². The van der Waals surface area contributed by atoms with Crippen LogP contribution in [0.5, 0.6) is 0 Å². The van der Waals surface area contributed by atoms with E-state index >= 15 is 0 Å². The van der Waals surface area contributed by atoms with Crippen molar-refractivity contribution < 1.29 is 33.4 Å². The number of benzene rings is 1. The first-order valence-electron chi connectivity index (χ1n) is 12.8. The molecular weight excluding hydrogens is 502 g/mol. The first-order chi connectivity index (χ1) is 18.3. The van der Waals surface area contributed by atoms with E-state index in [2.05, 4.69) is 18.5 Å². The molecular formula is C29H41N3O7. The summed E-state index contributed by atoms with van der Waals surface area (Å²) in [6.45, 7) is 13.3. The smallest absolute Gasteiger partial charge is 0.333 e. The van der Waals surface area contributed by atoms with E-state index < -0.39 is 47.8 Å². The van der Waals surface area contributed by atoms with Gasteiger partial charge < -0.3 is 24.6 Å². The minimum absolute atomic E-state index is 0.0171. The van der Waals surface area contributed by atoms with Crippen LogP contribution in [0.25, 0.3) is 0 Å². The van der Waals surface area contributed by atoms with Crippen molar-refractivity contribution in [3.05, 3.63) is 60.7 Å². The highest BCUT2D eigenvalue weighted by Gasteiger charge is 2.35. The molecule has 3 amide bonds. The molecule has 4 atom stereocenters. The Kier molecular flexibility index (Phi) is 13.7. The van der Waals surface area contributed by atoms with Gasteiger partial charge in [-0.2, -0.15) is 0 Å². The van der Waals surface area contributed by atoms with E-state index in [0.717, 1.165) is 5.56 Å². The third kappa shape index (κ3) is 10.4. The molecule has 0 saturated heterocycles. The molecule has 0 unspecified atom stereocenters. The van der Waals surface area contributed by atoms with Gasteiger partial charge in [0.05, 0.1) is 0 Å². The summed E-state index contributed by atoms with van der Waals surface area (Å²) in [5.41, 5.74) is 0.957. The number of nitrogens with zero attached hydrogens (tertiary/aromatic N) is 2. The van der Waals surface area contributed by atoms with Gasteiger partial charge in [0.2, 0.25) is 11.8 Å². The Morgan fingerprint density at radius 1 is 1.05 bits per heavy atom. The molecule has 1 aromatic rings. The van der Waals surface area contributed by atoms with Gasteiger partial charge in [0.15, 0.2) is 6.10 Å². The number of nitrogens with one attached hydrogen (secondary N) is 1. The Labute approximate surface area is 231 Å². The Bertz CT molecular complexity index is 1040. The summed E-state index contributed by atoms with van der Waals surface area (Å²) in [6, 6.07) is 7.12. The molecule has 1 aromatic carbocycles. The minimum atomic E-state index is -1.12. The Morgan fingerprint density at radius 3 is 2.21 bits per heavy atom. The molecule has 0 fully saturated rings. The van der Waals surface area contributed by atoms with Gasteiger partial charge in [0.1, 0.15) is 25.2 Å². The Balaban J connectivity index is 3.11. The van der Waals surface area contributed by atoms with E-state index in [1.165, 1.54) is 43.8 Å². The summed E-state index contributed by atoms with van der Waals surface area (Å²) in [4.78, 5) is 66.5. The van der Waals surface area contributed by atoms with Crippen LogP contribution in [0.1, 0.15) is 39.7 Å². The third-order valence-electron chi connectivity index (χ3n) is 6.21. The number of hydrogen-bond donors (Lipinski definition) is 1. The van der Waals surface area contributed by atoms with Crippen LogP contribution in [-0.2, 0) is 39.9 Å². The summed E-state index contributed by atoms with van der Waals surface area (Å²) in [7, 11) is 2.92. The molecule has 1 rings (SSSR count). The van der Waals surface area contributed by atoms with E-state index in [0.29, 0.717) is 6.42 Å². The zero-order valence-corrected chi connectivity index (χ0v) is 23.8. The van der Waals surface area contributed by atoms with Gasteiger partial charge in [-0.05, 0) is 25.8 Å². The molecule has 0 aliphatic heterocycles. The van der Waals surface area contributed by atoms with Gasteiger partial charge in [-0.25, -0.2) is 4.79 Å². The number of rotatable bonds is 15. The summed E-state index contributed by atoms with van der Waals surface area (Å²) in [6.07, 6.45) is 1.04. The summed E-state index contributed by atoms with van der Waals surface area (Å²) in [5, 5.41) is 2.62. The average Bonchev–Trinajstić information content (AvgIpc) is 2.91. The normalized spacial score (nSPS) is 13.6. The second kappa shape index (κ2) is 16.1. The minimum Gasteiger partial charge on any atom is -0.460 e. The van der Waals surface area contributed by atoms with Crippen molar-refractivity contribution in [2.24, 2.45) is 5.92 Å². The Morgan fingerprint density at radius 2 is 1.67 bits per heavy atom. The lowest BCUT2D eigenvalue weighted by molar-refractivity contribution is -0.156. The zero-order valence-electron chi connectivity index (χ0n) is 23.8. The largest absolute Gasteiger partial charge is 0.460 e. The van der Waals surface area contributed by atoms with Gasteiger partial charge >= 0.3 is 11.9 Å². The maximum Gasteiger partial charge on any atom is 0.333 e. The van der Waals surface area contributed by atoms with Crippen molar-refractivity contribution >= 4 is 29.7 Å². The lowest BCUT2D eigenvalue weighted by atomic mass is 10.0. The number of likely N-dealkylation sites (N-methyl/N-ethyl adjacent to an activating group) is 2. The van der Waals surface area contributed by atoms with Crippen molar-refractivity contribution in [1.82, 2.24) is 15.1 Å². The van der Waals surface area contributed by atoms with Crippen LogP contribution in [0.2, 0.25) is 0 Å². The van der Waals surface area contributed by atoms with Crippen LogP contribution in [0.4, 0.5) is 0 Å². The molecule has 214 valence electrons. The second-order valence-electron chi connectivity index (χ2n) is 9.54. The molecule has 0 aliphatic carbocycles. The highest BCUT2D eigenvalue weighted by Crippen LogP contribution is 2.16. The second-order valence-corrected chi connectivity index (χ2v) is 9.54. The number of carbonyl (C=O) groups excluding carboxylic acids is 5. The number of esters is 2. The number of hydrogen-bond acceptors (Lipinski definition) is 7. The zero-order chi connectivity index (χ0) is 29.7. The highest BCUT2D eigenvalue weighted by atomic mass is 16.5. The van der Waals surface area contributed by atoms with Gasteiger partial charge in [-0.15, -0.1) is 0 Å². The SMILES string of the molecule is C=CCOC(=O)CN(C)C(=O)[C@@H](Cc1ccccc1)N(C)C(=O)[C@H](C)NC(=O)[C@H](OC(=O)C(=C)C)[C@@H](C)CC. The molecule has 10 heteroatoms. The molecule has 0 bridgehead atoms. The van der Waals surface area contributed by atoms with Crippen LogP contribution in [-0.4, -0.2) is 84.9 Å². The topological polar surface area (TPSA) is 122 Å². The summed E-state index contributed by atoms with van der Waals surface area (Å²) >= 11 is 0. The van der Waals surface area contributed by atoms with Crippen molar-refractivity contribution in [3.63, 3.8) is 0 Å². The van der Waals surface area contributed by atoms with Crippen molar-refractivity contribution in [2.45, 2.75) is 58.7 Å². The van der Waals surface area contributed by atoms with Gasteiger partial charge in [-0.1, -0.05) is 63.4 Å². The average molecular weight is 544 g/mol. The molecule has 0 heterocycles. The van der Waals surface area contributed by atoms with Gasteiger partial charge in [0.25, 0.3) is 5.91 Å². The fourth-order valence-electron chi connectivity index (χ4n) is 3.63. The maximum atomic E-state index is 13.4. The molecule has 0 radical (unpaired) electrons. The standard InChI is InChI=1S/C29H41N3O7/c1-9-16-38-24(33)18-31(7)28(36)23(17-22-14-12-11-13-15-22)32(8)27(35)21(6)30-26(34)25(20(5)10-2)39-29(37)19(3)4/h9,11-15,20-21,23,25H,1,3,10,16-18H2,2,4-8H3,(H,30,34)/t20-,21-,23+,25+/m0/s1. The predicted octanol–water partition coefficient (Wildman–Crippen LogP) is 2.28. The molecule has 1 N–H and O–H groups in total. The fourth-order valence-corrected chi connectivity index (χ4v) is 3.63. The molecule has 0 saturated carbocycles. The first kappa shape index (κ1) is 33.1. The predicted molar refractivity (Wildman–Crippen MR) is 147 cm³/mol. The summed E-state index contributed by atoms with van der Waals surface area (Å²) < 4.78 is 10.3. The van der Waals surface area contributed by atoms with Crippen molar-refractivity contribution in [2.75, 3.05) is 27.2 Å². The number of ether oxygens (including phenoxy) is 2. The first-order valence-corrected chi connectivity index (χ1v) is 12.8.